The van der Waals surface area contributed by atoms with E-state index in [2.05, 4.69) is 25.3 Å². The van der Waals surface area contributed by atoms with Crippen LogP contribution >= 0.6 is 0 Å². The average molecular weight is 367 g/mol. The van der Waals surface area contributed by atoms with Gasteiger partial charge in [-0.05, 0) is 23.8 Å². The van der Waals surface area contributed by atoms with E-state index in [4.69, 9.17) is 0 Å². The third kappa shape index (κ3) is 2.95. The lowest BCUT2D eigenvalue weighted by Gasteiger charge is -2.11. The Balaban J connectivity index is 1.97. The van der Waals surface area contributed by atoms with Crippen LogP contribution in [0.2, 0.25) is 0 Å². The largest absolute Gasteiger partial charge is 0.373 e. The minimum Gasteiger partial charge on any atom is -0.373 e. The molecule has 4 aromatic rings. The molecule has 0 atom stereocenters. The number of hydrogen-bond acceptors (Lipinski definition) is 5. The second-order valence-electron chi connectivity index (χ2n) is 5.69. The van der Waals surface area contributed by atoms with Gasteiger partial charge in [0.2, 0.25) is 0 Å². The molecule has 134 valence electrons. The monoisotopic (exact) mass is 367 g/mol. The molecule has 0 saturated carbocycles. The Hall–Kier alpha value is -3.55. The van der Waals surface area contributed by atoms with Crippen LogP contribution in [0.5, 0.6) is 0 Å². The van der Waals surface area contributed by atoms with Gasteiger partial charge in [0.05, 0.1) is 6.20 Å². The van der Waals surface area contributed by atoms with Crippen LogP contribution in [0.3, 0.4) is 0 Å². The third-order valence-corrected chi connectivity index (χ3v) is 4.05. The molecular formula is C19H12F3N5. The summed E-state index contributed by atoms with van der Waals surface area (Å²) in [4.78, 5) is 16.7. The fraction of sp³-hybridized carbons (Fsp3) is 0.0526. The zero-order chi connectivity index (χ0) is 19.0. The van der Waals surface area contributed by atoms with Gasteiger partial charge in [-0.15, -0.1) is 0 Å². The molecule has 0 spiro atoms. The summed E-state index contributed by atoms with van der Waals surface area (Å²) in [5.41, 5.74) is 0.561. The molecule has 0 fully saturated rings. The third-order valence-electron chi connectivity index (χ3n) is 4.05. The van der Waals surface area contributed by atoms with Crippen LogP contribution in [-0.2, 0) is 0 Å². The van der Waals surface area contributed by atoms with Crippen molar-refractivity contribution in [3.63, 3.8) is 0 Å². The summed E-state index contributed by atoms with van der Waals surface area (Å²) in [6.45, 7) is 0. The van der Waals surface area contributed by atoms with Gasteiger partial charge in [-0.1, -0.05) is 12.1 Å². The molecule has 8 heteroatoms. The number of benzene rings is 2. The summed E-state index contributed by atoms with van der Waals surface area (Å²) in [5, 5.41) is 3.22. The molecule has 0 unspecified atom stereocenters. The van der Waals surface area contributed by atoms with Crippen molar-refractivity contribution in [1.29, 1.82) is 0 Å². The second-order valence-corrected chi connectivity index (χ2v) is 5.69. The Morgan fingerprint density at radius 1 is 0.963 bits per heavy atom. The van der Waals surface area contributed by atoms with Crippen molar-refractivity contribution in [1.82, 2.24) is 19.9 Å². The molecule has 0 aliphatic carbocycles. The fourth-order valence-electron chi connectivity index (χ4n) is 2.79. The number of halogens is 3. The zero-order valence-electron chi connectivity index (χ0n) is 14.0. The highest BCUT2D eigenvalue weighted by Gasteiger charge is 2.17. The highest BCUT2D eigenvalue weighted by molar-refractivity contribution is 5.94. The maximum Gasteiger partial charge on any atom is 0.182 e. The van der Waals surface area contributed by atoms with Gasteiger partial charge in [0.15, 0.2) is 17.5 Å². The summed E-state index contributed by atoms with van der Waals surface area (Å²) in [5.74, 6) is -2.20. The number of rotatable bonds is 3. The van der Waals surface area contributed by atoms with Gasteiger partial charge >= 0.3 is 0 Å². The molecule has 0 aliphatic heterocycles. The van der Waals surface area contributed by atoms with E-state index in [1.54, 1.807) is 7.05 Å². The maximum absolute atomic E-state index is 14.8. The first-order valence-electron chi connectivity index (χ1n) is 7.98. The minimum atomic E-state index is -1.04. The summed E-state index contributed by atoms with van der Waals surface area (Å²) in [6.07, 6.45) is 4.45. The van der Waals surface area contributed by atoms with Gasteiger partial charge in [0.25, 0.3) is 0 Å². The predicted molar refractivity (Wildman–Crippen MR) is 95.4 cm³/mol. The first kappa shape index (κ1) is 16.9. The number of nitrogens with zero attached hydrogens (tertiary/aromatic N) is 4. The van der Waals surface area contributed by atoms with Crippen molar-refractivity contribution in [3.05, 3.63) is 66.4 Å². The SMILES string of the molecule is CNc1nc(-c2cnccn2)nc2c(F)cc(-c3cccc(F)c3F)cc12. The van der Waals surface area contributed by atoms with Crippen molar-refractivity contribution in [2.24, 2.45) is 0 Å². The van der Waals surface area contributed by atoms with E-state index in [0.717, 1.165) is 12.1 Å². The molecule has 5 nitrogen and oxygen atoms in total. The molecule has 0 aliphatic rings. The van der Waals surface area contributed by atoms with Crippen molar-refractivity contribution >= 4 is 16.7 Å². The first-order chi connectivity index (χ1) is 13.1. The second kappa shape index (κ2) is 6.64. The minimum absolute atomic E-state index is 0.0376. The van der Waals surface area contributed by atoms with E-state index < -0.39 is 17.5 Å². The summed E-state index contributed by atoms with van der Waals surface area (Å²) in [6, 6.07) is 6.39. The van der Waals surface area contributed by atoms with Crippen molar-refractivity contribution in [2.45, 2.75) is 0 Å². The fourth-order valence-corrected chi connectivity index (χ4v) is 2.79. The molecule has 0 bridgehead atoms. The summed E-state index contributed by atoms with van der Waals surface area (Å²) in [7, 11) is 1.62. The van der Waals surface area contributed by atoms with Crippen LogP contribution in [0.15, 0.2) is 48.9 Å². The van der Waals surface area contributed by atoms with E-state index >= 15 is 0 Å². The lowest BCUT2D eigenvalue weighted by molar-refractivity contribution is 0.511. The Morgan fingerprint density at radius 2 is 1.81 bits per heavy atom. The molecule has 2 aromatic heterocycles. The van der Waals surface area contributed by atoms with Crippen molar-refractivity contribution in [2.75, 3.05) is 12.4 Å². The summed E-state index contributed by atoms with van der Waals surface area (Å²) >= 11 is 0. The smallest absolute Gasteiger partial charge is 0.182 e. The highest BCUT2D eigenvalue weighted by Crippen LogP contribution is 2.32. The van der Waals surface area contributed by atoms with Crippen molar-refractivity contribution < 1.29 is 13.2 Å². The zero-order valence-corrected chi connectivity index (χ0v) is 14.0. The normalized spacial score (nSPS) is 11.0. The molecule has 2 aromatic carbocycles. The number of anilines is 1. The van der Waals surface area contributed by atoms with Gasteiger partial charge < -0.3 is 5.32 Å². The summed E-state index contributed by atoms with van der Waals surface area (Å²) < 4.78 is 42.5. The van der Waals surface area contributed by atoms with Gasteiger partial charge in [0.1, 0.15) is 22.8 Å². The Bertz CT molecular complexity index is 1150. The first-order valence-corrected chi connectivity index (χ1v) is 7.98. The standard InChI is InChI=1S/C19H12F3N5/c1-23-18-12-7-10(11-3-2-4-13(20)16(11)22)8-14(21)17(12)26-19(27-18)15-9-24-5-6-25-15/h2-9H,1H3,(H,23,26,27). The van der Waals surface area contributed by atoms with Crippen LogP contribution in [-0.4, -0.2) is 27.0 Å². The molecule has 4 rings (SSSR count). The molecule has 27 heavy (non-hydrogen) atoms. The molecular weight excluding hydrogens is 355 g/mol. The lowest BCUT2D eigenvalue weighted by Crippen LogP contribution is -2.02. The highest BCUT2D eigenvalue weighted by atomic mass is 19.2. The van der Waals surface area contributed by atoms with Crippen LogP contribution in [0, 0.1) is 17.5 Å². The number of aromatic nitrogens is 4. The van der Waals surface area contributed by atoms with E-state index in [0.29, 0.717) is 16.9 Å². The van der Waals surface area contributed by atoms with E-state index in [1.807, 2.05) is 0 Å². The average Bonchev–Trinajstić information content (AvgIpc) is 2.70. The van der Waals surface area contributed by atoms with Crippen LogP contribution in [0.1, 0.15) is 0 Å². The van der Waals surface area contributed by atoms with Crippen LogP contribution in [0.25, 0.3) is 33.5 Å². The molecule has 0 saturated heterocycles. The number of hydrogen-bond donors (Lipinski definition) is 1. The van der Waals surface area contributed by atoms with Gasteiger partial charge in [-0.25, -0.2) is 28.1 Å². The Labute approximate surface area is 152 Å². The van der Waals surface area contributed by atoms with Gasteiger partial charge in [-0.3, -0.25) is 4.98 Å². The molecule has 0 radical (unpaired) electrons. The Kier molecular flexibility index (Phi) is 4.15. The topological polar surface area (TPSA) is 63.6 Å². The predicted octanol–water partition coefficient (Wildman–Crippen LogP) is 4.21. The quantitative estimate of drug-likeness (QED) is 0.588. The van der Waals surface area contributed by atoms with Gasteiger partial charge in [-0.2, -0.15) is 0 Å². The molecule has 1 N–H and O–H groups in total. The van der Waals surface area contributed by atoms with Gasteiger partial charge in [0, 0.05) is 30.4 Å². The lowest BCUT2D eigenvalue weighted by atomic mass is 10.0. The van der Waals surface area contributed by atoms with Crippen molar-refractivity contribution in [3.8, 4) is 22.6 Å². The number of nitrogens with one attached hydrogen (secondary N) is 1. The maximum atomic E-state index is 14.8. The van der Waals surface area contributed by atoms with Crippen LogP contribution in [0.4, 0.5) is 19.0 Å². The number of fused-ring (bicyclic) bond motifs is 1. The molecule has 2 heterocycles. The molecule has 0 amide bonds. The van der Waals surface area contributed by atoms with E-state index in [-0.39, 0.29) is 22.5 Å². The van der Waals surface area contributed by atoms with E-state index in [9.17, 15) is 13.2 Å². The Morgan fingerprint density at radius 3 is 2.56 bits per heavy atom. The van der Waals surface area contributed by atoms with E-state index in [1.165, 1.54) is 36.8 Å². The van der Waals surface area contributed by atoms with Crippen LogP contribution < -0.4 is 5.32 Å².